The zero-order valence-electron chi connectivity index (χ0n) is 10.9. The van der Waals surface area contributed by atoms with Crippen LogP contribution in [0.1, 0.15) is 32.1 Å². The predicted octanol–water partition coefficient (Wildman–Crippen LogP) is -0.606. The van der Waals surface area contributed by atoms with Gasteiger partial charge >= 0.3 is 0 Å². The maximum Gasteiger partial charge on any atom is 0.245 e. The molecular formula is C13H19N3O3. The molecule has 6 nitrogen and oxygen atoms in total. The third-order valence-corrected chi connectivity index (χ3v) is 4.63. The topological polar surface area (TPSA) is 78.5 Å². The van der Waals surface area contributed by atoms with Crippen molar-refractivity contribution in [2.75, 3.05) is 19.6 Å². The second-order valence-corrected chi connectivity index (χ2v) is 5.94. The highest BCUT2D eigenvalue weighted by molar-refractivity contribution is 5.90. The van der Waals surface area contributed by atoms with Crippen LogP contribution in [-0.2, 0) is 14.4 Å². The summed E-state index contributed by atoms with van der Waals surface area (Å²) in [6.07, 6.45) is 3.40. The number of rotatable bonds is 1. The lowest BCUT2D eigenvalue weighted by Crippen LogP contribution is -2.50. The third kappa shape index (κ3) is 2.31. The zero-order valence-corrected chi connectivity index (χ0v) is 10.9. The first-order chi connectivity index (χ1) is 9.08. The zero-order chi connectivity index (χ0) is 13.5. The molecule has 3 rings (SSSR count). The van der Waals surface area contributed by atoms with Crippen LogP contribution in [0.5, 0.6) is 0 Å². The standard InChI is InChI=1S/C13H19N3O3/c17-10-2-1-9(15-10)12(19)16-5-3-13(4-6-16)7-11(18)14-8-13/h9H,1-8H2,(H,14,18)(H,15,17)/t9-/m1/s1. The van der Waals surface area contributed by atoms with Gasteiger partial charge < -0.3 is 15.5 Å². The molecule has 3 fully saturated rings. The van der Waals surface area contributed by atoms with Crippen LogP contribution >= 0.6 is 0 Å². The van der Waals surface area contributed by atoms with E-state index in [1.54, 1.807) is 0 Å². The fraction of sp³-hybridized carbons (Fsp3) is 0.769. The molecule has 0 aromatic rings. The highest BCUT2D eigenvalue weighted by atomic mass is 16.2. The molecule has 0 bridgehead atoms. The van der Waals surface area contributed by atoms with Crippen molar-refractivity contribution in [3.05, 3.63) is 0 Å². The van der Waals surface area contributed by atoms with Crippen LogP contribution in [0.25, 0.3) is 0 Å². The summed E-state index contributed by atoms with van der Waals surface area (Å²) >= 11 is 0. The molecule has 0 aromatic heterocycles. The Hall–Kier alpha value is -1.59. The number of nitrogens with zero attached hydrogens (tertiary/aromatic N) is 1. The highest BCUT2D eigenvalue weighted by Gasteiger charge is 2.42. The maximum absolute atomic E-state index is 12.2. The molecule has 19 heavy (non-hydrogen) atoms. The summed E-state index contributed by atoms with van der Waals surface area (Å²) in [5, 5.41) is 5.61. The predicted molar refractivity (Wildman–Crippen MR) is 67.0 cm³/mol. The minimum Gasteiger partial charge on any atom is -0.356 e. The largest absolute Gasteiger partial charge is 0.356 e. The summed E-state index contributed by atoms with van der Waals surface area (Å²) in [5.41, 5.74) is 0.0623. The first kappa shape index (κ1) is 12.4. The summed E-state index contributed by atoms with van der Waals surface area (Å²) in [7, 11) is 0. The van der Waals surface area contributed by atoms with Crippen molar-refractivity contribution >= 4 is 17.7 Å². The summed E-state index contributed by atoms with van der Waals surface area (Å²) in [5.74, 6) is 0.137. The fourth-order valence-corrected chi connectivity index (χ4v) is 3.33. The lowest BCUT2D eigenvalue weighted by molar-refractivity contribution is -0.136. The first-order valence-electron chi connectivity index (χ1n) is 6.93. The number of carbonyl (C=O) groups is 3. The van der Waals surface area contributed by atoms with Gasteiger partial charge in [-0.05, 0) is 24.7 Å². The lowest BCUT2D eigenvalue weighted by Gasteiger charge is -2.39. The SMILES string of the molecule is O=C1CC2(CCN(C(=O)[C@H]3CCC(=O)N3)CC2)CN1. The summed E-state index contributed by atoms with van der Waals surface area (Å²) in [4.78, 5) is 36.6. The van der Waals surface area contributed by atoms with E-state index in [-0.39, 0.29) is 29.2 Å². The summed E-state index contributed by atoms with van der Waals surface area (Å²) in [6.45, 7) is 2.13. The van der Waals surface area contributed by atoms with Crippen LogP contribution in [-0.4, -0.2) is 48.3 Å². The van der Waals surface area contributed by atoms with Crippen LogP contribution in [0.3, 0.4) is 0 Å². The number of carbonyl (C=O) groups excluding carboxylic acids is 3. The summed E-state index contributed by atoms with van der Waals surface area (Å²) < 4.78 is 0. The van der Waals surface area contributed by atoms with Crippen LogP contribution in [0.15, 0.2) is 0 Å². The van der Waals surface area contributed by atoms with Crippen LogP contribution in [0.2, 0.25) is 0 Å². The van der Waals surface area contributed by atoms with E-state index in [0.717, 1.165) is 19.4 Å². The van der Waals surface area contributed by atoms with Crippen molar-refractivity contribution < 1.29 is 14.4 Å². The molecule has 3 amide bonds. The van der Waals surface area contributed by atoms with Crippen molar-refractivity contribution in [2.24, 2.45) is 5.41 Å². The van der Waals surface area contributed by atoms with Gasteiger partial charge in [0.2, 0.25) is 17.7 Å². The van der Waals surface area contributed by atoms with Crippen molar-refractivity contribution in [1.29, 1.82) is 0 Å². The van der Waals surface area contributed by atoms with Gasteiger partial charge in [-0.2, -0.15) is 0 Å². The van der Waals surface area contributed by atoms with E-state index in [1.807, 2.05) is 4.90 Å². The molecule has 0 radical (unpaired) electrons. The van der Waals surface area contributed by atoms with Gasteiger partial charge in [0.15, 0.2) is 0 Å². The minimum atomic E-state index is -0.329. The Morgan fingerprint density at radius 1 is 1.21 bits per heavy atom. The Bertz CT molecular complexity index is 427. The second-order valence-electron chi connectivity index (χ2n) is 5.94. The molecule has 0 aliphatic carbocycles. The normalized spacial score (nSPS) is 29.5. The Balaban J connectivity index is 1.56. The van der Waals surface area contributed by atoms with Gasteiger partial charge in [-0.1, -0.05) is 0 Å². The van der Waals surface area contributed by atoms with E-state index in [1.165, 1.54) is 0 Å². The molecule has 2 N–H and O–H groups in total. The van der Waals surface area contributed by atoms with E-state index < -0.39 is 0 Å². The molecule has 0 aromatic carbocycles. The lowest BCUT2D eigenvalue weighted by atomic mass is 9.77. The minimum absolute atomic E-state index is 0.0302. The van der Waals surface area contributed by atoms with Gasteiger partial charge in [-0.15, -0.1) is 0 Å². The number of hydrogen-bond acceptors (Lipinski definition) is 3. The van der Waals surface area contributed by atoms with E-state index in [9.17, 15) is 14.4 Å². The molecule has 3 aliphatic heterocycles. The smallest absolute Gasteiger partial charge is 0.245 e. The molecular weight excluding hydrogens is 246 g/mol. The van der Waals surface area contributed by atoms with Gasteiger partial charge in [0.05, 0.1) is 0 Å². The molecule has 1 spiro atoms. The van der Waals surface area contributed by atoms with Crippen molar-refractivity contribution in [3.63, 3.8) is 0 Å². The van der Waals surface area contributed by atoms with Gasteiger partial charge in [0.25, 0.3) is 0 Å². The first-order valence-corrected chi connectivity index (χ1v) is 6.93. The Labute approximate surface area is 111 Å². The van der Waals surface area contributed by atoms with E-state index in [4.69, 9.17) is 0 Å². The van der Waals surface area contributed by atoms with E-state index >= 15 is 0 Å². The second kappa shape index (κ2) is 4.51. The Kier molecular flexibility index (Phi) is 2.95. The van der Waals surface area contributed by atoms with Gasteiger partial charge in [0, 0.05) is 32.5 Å². The molecule has 3 saturated heterocycles. The molecule has 1 atom stereocenters. The van der Waals surface area contributed by atoms with Gasteiger partial charge in [-0.25, -0.2) is 0 Å². The average Bonchev–Trinajstić information content (AvgIpc) is 2.97. The quantitative estimate of drug-likeness (QED) is 0.664. The third-order valence-electron chi connectivity index (χ3n) is 4.63. The number of amides is 3. The van der Waals surface area contributed by atoms with Crippen LogP contribution < -0.4 is 10.6 Å². The van der Waals surface area contributed by atoms with Crippen molar-refractivity contribution in [2.45, 2.75) is 38.1 Å². The fourth-order valence-electron chi connectivity index (χ4n) is 3.33. The summed E-state index contributed by atoms with van der Waals surface area (Å²) in [6, 6.07) is -0.329. The molecule has 3 heterocycles. The number of piperidine rings is 1. The Morgan fingerprint density at radius 2 is 1.95 bits per heavy atom. The molecule has 6 heteroatoms. The maximum atomic E-state index is 12.2. The average molecular weight is 265 g/mol. The molecule has 0 saturated carbocycles. The molecule has 0 unspecified atom stereocenters. The van der Waals surface area contributed by atoms with Crippen molar-refractivity contribution in [3.8, 4) is 0 Å². The number of nitrogens with one attached hydrogen (secondary N) is 2. The van der Waals surface area contributed by atoms with Crippen LogP contribution in [0, 0.1) is 5.41 Å². The number of likely N-dealkylation sites (tertiary alicyclic amines) is 1. The highest BCUT2D eigenvalue weighted by Crippen LogP contribution is 2.37. The van der Waals surface area contributed by atoms with Gasteiger partial charge in [0.1, 0.15) is 6.04 Å². The number of hydrogen-bond donors (Lipinski definition) is 2. The van der Waals surface area contributed by atoms with Crippen molar-refractivity contribution in [1.82, 2.24) is 15.5 Å². The Morgan fingerprint density at radius 3 is 2.47 bits per heavy atom. The molecule has 3 aliphatic rings. The van der Waals surface area contributed by atoms with E-state index in [2.05, 4.69) is 10.6 Å². The van der Waals surface area contributed by atoms with Crippen LogP contribution in [0.4, 0.5) is 0 Å². The van der Waals surface area contributed by atoms with E-state index in [0.29, 0.717) is 32.4 Å². The molecule has 104 valence electrons. The van der Waals surface area contributed by atoms with Gasteiger partial charge in [-0.3, -0.25) is 14.4 Å². The monoisotopic (exact) mass is 265 g/mol.